The van der Waals surface area contributed by atoms with Gasteiger partial charge in [-0.1, -0.05) is 26.2 Å². The number of nitrogens with zero attached hydrogens (tertiary/aromatic N) is 1. The van der Waals surface area contributed by atoms with E-state index in [0.29, 0.717) is 19.5 Å². The third-order valence-electron chi connectivity index (χ3n) is 3.28. The van der Waals surface area contributed by atoms with E-state index in [0.717, 1.165) is 12.8 Å². The van der Waals surface area contributed by atoms with Gasteiger partial charge in [0.15, 0.2) is 0 Å². The van der Waals surface area contributed by atoms with Crippen LogP contribution < -0.4 is 0 Å². The molecule has 1 heterocycles. The van der Waals surface area contributed by atoms with Crippen molar-refractivity contribution >= 4 is 5.91 Å². The van der Waals surface area contributed by atoms with E-state index in [4.69, 9.17) is 4.74 Å². The molecule has 1 amide bonds. The monoisotopic (exact) mass is 257 g/mol. The maximum atomic E-state index is 12.1. The summed E-state index contributed by atoms with van der Waals surface area (Å²) in [6.45, 7) is 7.21. The Bertz CT molecular complexity index is 266. The number of unbranched alkanes of at least 4 members (excludes halogenated alkanes) is 3. The second-order valence-corrected chi connectivity index (χ2v) is 5.77. The van der Waals surface area contributed by atoms with Crippen molar-refractivity contribution in [2.24, 2.45) is 0 Å². The standard InChI is InChI=1S/C14H27NO3/c1-4-5-6-7-8-13(17)15-9-12(10-16)18-14(2,3)11-15/h12,16H,4-11H2,1-3H3. The van der Waals surface area contributed by atoms with E-state index < -0.39 is 0 Å². The first-order valence-electron chi connectivity index (χ1n) is 7.05. The molecule has 4 nitrogen and oxygen atoms in total. The van der Waals surface area contributed by atoms with Gasteiger partial charge in [-0.2, -0.15) is 0 Å². The van der Waals surface area contributed by atoms with Crippen LogP contribution in [0.5, 0.6) is 0 Å². The molecule has 4 heteroatoms. The minimum atomic E-state index is -0.356. The molecule has 0 radical (unpaired) electrons. The zero-order chi connectivity index (χ0) is 13.6. The van der Waals surface area contributed by atoms with Crippen LogP contribution in [0, 0.1) is 0 Å². The molecule has 1 atom stereocenters. The molecule has 1 aliphatic rings. The lowest BCUT2D eigenvalue weighted by molar-refractivity contribution is -0.167. The first-order chi connectivity index (χ1) is 8.48. The summed E-state index contributed by atoms with van der Waals surface area (Å²) in [5.41, 5.74) is -0.356. The predicted molar refractivity (Wildman–Crippen MR) is 71.4 cm³/mol. The summed E-state index contributed by atoms with van der Waals surface area (Å²) in [4.78, 5) is 13.9. The normalized spacial score (nSPS) is 23.1. The van der Waals surface area contributed by atoms with Crippen LogP contribution in [0.1, 0.15) is 52.9 Å². The summed E-state index contributed by atoms with van der Waals surface area (Å²) in [5.74, 6) is 0.195. The molecule has 0 aliphatic carbocycles. The van der Waals surface area contributed by atoms with Crippen LogP contribution >= 0.6 is 0 Å². The number of carbonyl (C=O) groups excluding carboxylic acids is 1. The van der Waals surface area contributed by atoms with E-state index in [1.807, 2.05) is 18.7 Å². The van der Waals surface area contributed by atoms with Crippen LogP contribution in [0.4, 0.5) is 0 Å². The Labute approximate surface area is 110 Å². The van der Waals surface area contributed by atoms with Gasteiger partial charge in [0.2, 0.25) is 5.91 Å². The van der Waals surface area contributed by atoms with Gasteiger partial charge in [-0.3, -0.25) is 4.79 Å². The zero-order valence-electron chi connectivity index (χ0n) is 11.9. The van der Waals surface area contributed by atoms with Crippen LogP contribution in [0.2, 0.25) is 0 Å². The molecule has 1 aliphatic heterocycles. The summed E-state index contributed by atoms with van der Waals surface area (Å²) in [7, 11) is 0. The number of amides is 1. The minimum Gasteiger partial charge on any atom is -0.394 e. The third-order valence-corrected chi connectivity index (χ3v) is 3.28. The van der Waals surface area contributed by atoms with E-state index in [1.165, 1.54) is 12.8 Å². The fraction of sp³-hybridized carbons (Fsp3) is 0.929. The van der Waals surface area contributed by atoms with Crippen molar-refractivity contribution in [3.05, 3.63) is 0 Å². The highest BCUT2D eigenvalue weighted by molar-refractivity contribution is 5.76. The van der Waals surface area contributed by atoms with Crippen molar-refractivity contribution in [1.82, 2.24) is 4.90 Å². The second-order valence-electron chi connectivity index (χ2n) is 5.77. The van der Waals surface area contributed by atoms with Gasteiger partial charge in [0.25, 0.3) is 0 Å². The van der Waals surface area contributed by atoms with E-state index >= 15 is 0 Å². The molecule has 1 saturated heterocycles. The van der Waals surface area contributed by atoms with Gasteiger partial charge in [0, 0.05) is 19.5 Å². The van der Waals surface area contributed by atoms with Gasteiger partial charge < -0.3 is 14.7 Å². The summed E-state index contributed by atoms with van der Waals surface area (Å²) < 4.78 is 5.70. The van der Waals surface area contributed by atoms with Gasteiger partial charge in [0.05, 0.1) is 18.3 Å². The van der Waals surface area contributed by atoms with Gasteiger partial charge in [-0.05, 0) is 20.3 Å². The van der Waals surface area contributed by atoms with Crippen LogP contribution in [0.15, 0.2) is 0 Å². The Hall–Kier alpha value is -0.610. The molecule has 106 valence electrons. The zero-order valence-corrected chi connectivity index (χ0v) is 11.9. The van der Waals surface area contributed by atoms with Crippen LogP contribution in [0.3, 0.4) is 0 Å². The number of aliphatic hydroxyl groups is 1. The number of hydrogen-bond acceptors (Lipinski definition) is 3. The Morgan fingerprint density at radius 3 is 2.72 bits per heavy atom. The number of rotatable bonds is 6. The molecule has 0 aromatic heterocycles. The van der Waals surface area contributed by atoms with Gasteiger partial charge >= 0.3 is 0 Å². The summed E-state index contributed by atoms with van der Waals surface area (Å²) in [5, 5.41) is 9.21. The second kappa shape index (κ2) is 7.10. The fourth-order valence-corrected chi connectivity index (χ4v) is 2.44. The highest BCUT2D eigenvalue weighted by atomic mass is 16.5. The van der Waals surface area contributed by atoms with Crippen LogP contribution in [-0.4, -0.2) is 47.3 Å². The highest BCUT2D eigenvalue weighted by Crippen LogP contribution is 2.21. The molecule has 0 aromatic rings. The van der Waals surface area contributed by atoms with Crippen molar-refractivity contribution in [3.63, 3.8) is 0 Å². The third kappa shape index (κ3) is 4.94. The molecule has 1 rings (SSSR count). The summed E-state index contributed by atoms with van der Waals surface area (Å²) >= 11 is 0. The topological polar surface area (TPSA) is 49.8 Å². The largest absolute Gasteiger partial charge is 0.394 e. The lowest BCUT2D eigenvalue weighted by atomic mass is 10.0. The summed E-state index contributed by atoms with van der Waals surface area (Å²) in [6.07, 6.45) is 4.85. The number of carbonyl (C=O) groups is 1. The Kier molecular flexibility index (Phi) is 6.09. The average molecular weight is 257 g/mol. The van der Waals surface area contributed by atoms with E-state index in [2.05, 4.69) is 6.92 Å². The lowest BCUT2D eigenvalue weighted by Gasteiger charge is -2.42. The first-order valence-corrected chi connectivity index (χ1v) is 7.05. The fourth-order valence-electron chi connectivity index (χ4n) is 2.44. The number of ether oxygens (including phenoxy) is 1. The van der Waals surface area contributed by atoms with E-state index in [-0.39, 0.29) is 24.2 Å². The molecule has 0 saturated carbocycles. The Balaban J connectivity index is 2.41. The van der Waals surface area contributed by atoms with E-state index in [1.54, 1.807) is 0 Å². The van der Waals surface area contributed by atoms with Gasteiger partial charge in [-0.15, -0.1) is 0 Å². The summed E-state index contributed by atoms with van der Waals surface area (Å²) in [6, 6.07) is 0. The lowest BCUT2D eigenvalue weighted by Crippen LogP contribution is -2.55. The molecule has 0 bridgehead atoms. The molecule has 1 fully saturated rings. The number of morpholine rings is 1. The average Bonchev–Trinajstić information content (AvgIpc) is 2.32. The molecular formula is C14H27NO3. The number of aliphatic hydroxyl groups excluding tert-OH is 1. The SMILES string of the molecule is CCCCCCC(=O)N1CC(CO)OC(C)(C)C1. The number of hydrogen-bond donors (Lipinski definition) is 1. The molecular weight excluding hydrogens is 230 g/mol. The first kappa shape index (κ1) is 15.4. The van der Waals surface area contributed by atoms with Crippen LogP contribution in [-0.2, 0) is 9.53 Å². The quantitative estimate of drug-likeness (QED) is 0.740. The molecule has 1 N–H and O–H groups in total. The van der Waals surface area contributed by atoms with Crippen molar-refractivity contribution in [3.8, 4) is 0 Å². The van der Waals surface area contributed by atoms with E-state index in [9.17, 15) is 9.90 Å². The minimum absolute atomic E-state index is 0.0248. The van der Waals surface area contributed by atoms with Crippen molar-refractivity contribution < 1.29 is 14.6 Å². The maximum Gasteiger partial charge on any atom is 0.222 e. The molecule has 0 spiro atoms. The maximum absolute atomic E-state index is 12.1. The van der Waals surface area contributed by atoms with Crippen LogP contribution in [0.25, 0.3) is 0 Å². The highest BCUT2D eigenvalue weighted by Gasteiger charge is 2.34. The van der Waals surface area contributed by atoms with Crippen molar-refractivity contribution in [2.75, 3.05) is 19.7 Å². The van der Waals surface area contributed by atoms with Gasteiger partial charge in [0.1, 0.15) is 0 Å². The molecule has 0 aromatic carbocycles. The predicted octanol–water partition coefficient (Wildman–Crippen LogP) is 1.96. The smallest absolute Gasteiger partial charge is 0.222 e. The van der Waals surface area contributed by atoms with Crippen molar-refractivity contribution in [1.29, 1.82) is 0 Å². The Morgan fingerprint density at radius 2 is 2.11 bits per heavy atom. The van der Waals surface area contributed by atoms with Crippen molar-refractivity contribution in [2.45, 2.75) is 64.6 Å². The molecule has 18 heavy (non-hydrogen) atoms. The Morgan fingerprint density at radius 1 is 1.39 bits per heavy atom. The van der Waals surface area contributed by atoms with Gasteiger partial charge in [-0.25, -0.2) is 0 Å². The molecule has 1 unspecified atom stereocenters.